The van der Waals surface area contributed by atoms with Crippen molar-refractivity contribution in [2.75, 3.05) is 12.4 Å². The normalized spacial score (nSPS) is 10.8. The highest BCUT2D eigenvalue weighted by Gasteiger charge is 2.21. The molecule has 0 aliphatic heterocycles. The number of hydrogen-bond donors (Lipinski definition) is 0. The topological polar surface area (TPSA) is 57.5 Å². The van der Waals surface area contributed by atoms with Crippen LogP contribution >= 0.6 is 11.8 Å². The van der Waals surface area contributed by atoms with E-state index in [4.69, 9.17) is 9.47 Å². The molecule has 3 aromatic rings. The zero-order chi connectivity index (χ0) is 20.1. The van der Waals surface area contributed by atoms with Crippen molar-refractivity contribution in [2.45, 2.75) is 32.2 Å². The Balaban J connectivity index is 1.83. The molecule has 5 nitrogen and oxygen atoms in total. The Morgan fingerprint density at radius 1 is 1.07 bits per heavy atom. The number of nitrogens with zero attached hydrogens (tertiary/aromatic N) is 1. The molecule has 146 valence electrons. The summed E-state index contributed by atoms with van der Waals surface area (Å²) in [5, 5.41) is 0.735. The van der Waals surface area contributed by atoms with Crippen molar-refractivity contribution in [3.05, 3.63) is 59.8 Å². The number of rotatable bonds is 7. The molecule has 0 radical (unpaired) electrons. The number of carbonyl (C=O) groups is 2. The van der Waals surface area contributed by atoms with Crippen LogP contribution in [0.5, 0.6) is 5.75 Å². The molecule has 3 rings (SSSR count). The summed E-state index contributed by atoms with van der Waals surface area (Å²) in [7, 11) is 0. The number of thioether (sulfide) groups is 1. The SMILES string of the molecule is CCOC(=O)c1c(C)n(CC)c2ccc(OC(=O)CSc3ccccc3)cc12. The van der Waals surface area contributed by atoms with Crippen molar-refractivity contribution in [3.63, 3.8) is 0 Å². The van der Waals surface area contributed by atoms with Crippen LogP contribution in [0.3, 0.4) is 0 Å². The molecule has 1 aromatic heterocycles. The minimum absolute atomic E-state index is 0.210. The second-order valence-corrected chi connectivity index (χ2v) is 7.23. The van der Waals surface area contributed by atoms with Gasteiger partial charge in [-0.15, -0.1) is 11.8 Å². The van der Waals surface area contributed by atoms with Gasteiger partial charge in [0.1, 0.15) is 5.75 Å². The van der Waals surface area contributed by atoms with E-state index in [9.17, 15) is 9.59 Å². The molecule has 0 N–H and O–H groups in total. The molecule has 2 aromatic carbocycles. The van der Waals surface area contributed by atoms with Gasteiger partial charge in [-0.05, 0) is 51.1 Å². The summed E-state index contributed by atoms with van der Waals surface area (Å²) in [5.74, 6) is -0.0651. The number of aromatic nitrogens is 1. The van der Waals surface area contributed by atoms with Gasteiger partial charge < -0.3 is 14.0 Å². The Morgan fingerprint density at radius 3 is 2.50 bits per heavy atom. The number of fused-ring (bicyclic) bond motifs is 1. The summed E-state index contributed by atoms with van der Waals surface area (Å²) in [6.07, 6.45) is 0. The third-order valence-corrected chi connectivity index (χ3v) is 5.41. The van der Waals surface area contributed by atoms with E-state index >= 15 is 0 Å². The Bertz CT molecular complexity index is 995. The van der Waals surface area contributed by atoms with Crippen LogP contribution in [0.2, 0.25) is 0 Å². The van der Waals surface area contributed by atoms with Gasteiger partial charge >= 0.3 is 11.9 Å². The summed E-state index contributed by atoms with van der Waals surface area (Å²) in [6.45, 7) is 6.74. The second kappa shape index (κ2) is 8.97. The minimum atomic E-state index is -0.361. The lowest BCUT2D eigenvalue weighted by molar-refractivity contribution is -0.131. The highest BCUT2D eigenvalue weighted by atomic mass is 32.2. The molecule has 1 heterocycles. The molecule has 6 heteroatoms. The molecule has 0 aliphatic rings. The quantitative estimate of drug-likeness (QED) is 0.324. The lowest BCUT2D eigenvalue weighted by Gasteiger charge is -2.06. The first-order chi connectivity index (χ1) is 13.5. The van der Waals surface area contributed by atoms with Gasteiger partial charge in [-0.25, -0.2) is 4.79 Å². The number of esters is 2. The second-order valence-electron chi connectivity index (χ2n) is 6.18. The van der Waals surface area contributed by atoms with E-state index in [1.807, 2.05) is 50.2 Å². The molecule has 0 amide bonds. The van der Waals surface area contributed by atoms with E-state index in [0.717, 1.165) is 28.0 Å². The van der Waals surface area contributed by atoms with E-state index in [1.165, 1.54) is 11.8 Å². The van der Waals surface area contributed by atoms with Gasteiger partial charge in [-0.2, -0.15) is 0 Å². The fraction of sp³-hybridized carbons (Fsp3) is 0.273. The van der Waals surface area contributed by atoms with Gasteiger partial charge in [0.25, 0.3) is 0 Å². The molecular weight excluding hydrogens is 374 g/mol. The smallest absolute Gasteiger partial charge is 0.340 e. The van der Waals surface area contributed by atoms with Gasteiger partial charge in [0, 0.05) is 28.0 Å². The van der Waals surface area contributed by atoms with Crippen LogP contribution in [0.25, 0.3) is 10.9 Å². The molecule has 0 saturated heterocycles. The number of ether oxygens (including phenoxy) is 2. The third-order valence-electron chi connectivity index (χ3n) is 4.42. The first-order valence-electron chi connectivity index (χ1n) is 9.23. The zero-order valence-corrected chi connectivity index (χ0v) is 17.0. The van der Waals surface area contributed by atoms with E-state index in [1.54, 1.807) is 19.1 Å². The van der Waals surface area contributed by atoms with Crippen molar-refractivity contribution >= 4 is 34.6 Å². The Kier molecular flexibility index (Phi) is 6.41. The maximum atomic E-state index is 12.5. The Hall–Kier alpha value is -2.73. The summed E-state index contributed by atoms with van der Waals surface area (Å²) in [5.41, 5.74) is 2.29. The molecule has 0 atom stereocenters. The summed E-state index contributed by atoms with van der Waals surface area (Å²) < 4.78 is 12.8. The Morgan fingerprint density at radius 2 is 1.82 bits per heavy atom. The summed E-state index contributed by atoms with van der Waals surface area (Å²) >= 11 is 1.42. The van der Waals surface area contributed by atoms with Crippen molar-refractivity contribution in [1.29, 1.82) is 0 Å². The van der Waals surface area contributed by atoms with E-state index in [-0.39, 0.29) is 17.7 Å². The fourth-order valence-corrected chi connectivity index (χ4v) is 3.91. The molecule has 0 saturated carbocycles. The summed E-state index contributed by atoms with van der Waals surface area (Å²) in [4.78, 5) is 25.7. The first-order valence-corrected chi connectivity index (χ1v) is 10.2. The molecule has 0 spiro atoms. The van der Waals surface area contributed by atoms with Gasteiger partial charge in [-0.1, -0.05) is 18.2 Å². The number of benzene rings is 2. The van der Waals surface area contributed by atoms with Crippen LogP contribution in [0.15, 0.2) is 53.4 Å². The average molecular weight is 397 g/mol. The van der Waals surface area contributed by atoms with E-state index in [2.05, 4.69) is 4.57 Å². The number of aryl methyl sites for hydroxylation is 1. The molecule has 0 unspecified atom stereocenters. The van der Waals surface area contributed by atoms with E-state index < -0.39 is 0 Å². The van der Waals surface area contributed by atoms with Crippen LogP contribution in [0, 0.1) is 6.92 Å². The predicted octanol–water partition coefficient (Wildman–Crippen LogP) is 4.84. The van der Waals surface area contributed by atoms with Crippen molar-refractivity contribution in [2.24, 2.45) is 0 Å². The van der Waals surface area contributed by atoms with Crippen molar-refractivity contribution in [1.82, 2.24) is 4.57 Å². The van der Waals surface area contributed by atoms with Gasteiger partial charge in [0.15, 0.2) is 0 Å². The number of hydrogen-bond acceptors (Lipinski definition) is 5. The van der Waals surface area contributed by atoms with Crippen LogP contribution in [-0.4, -0.2) is 28.9 Å². The first kappa shape index (κ1) is 20.0. The molecular formula is C22H23NO4S. The fourth-order valence-electron chi connectivity index (χ4n) is 3.21. The van der Waals surface area contributed by atoms with Crippen molar-refractivity contribution in [3.8, 4) is 5.75 Å². The van der Waals surface area contributed by atoms with Gasteiger partial charge in [0.05, 0.1) is 17.9 Å². The maximum Gasteiger partial charge on any atom is 0.340 e. The molecule has 28 heavy (non-hydrogen) atoms. The summed E-state index contributed by atoms with van der Waals surface area (Å²) in [6, 6.07) is 15.1. The Labute approximate surface area is 168 Å². The largest absolute Gasteiger partial charge is 0.462 e. The van der Waals surface area contributed by atoms with Crippen LogP contribution < -0.4 is 4.74 Å². The zero-order valence-electron chi connectivity index (χ0n) is 16.2. The molecule has 0 bridgehead atoms. The van der Waals surface area contributed by atoms with Crippen LogP contribution in [-0.2, 0) is 16.1 Å². The van der Waals surface area contributed by atoms with E-state index in [0.29, 0.717) is 17.9 Å². The lowest BCUT2D eigenvalue weighted by Crippen LogP contribution is -2.10. The lowest BCUT2D eigenvalue weighted by atomic mass is 10.1. The average Bonchev–Trinajstić information content (AvgIpc) is 2.97. The van der Waals surface area contributed by atoms with Crippen molar-refractivity contribution < 1.29 is 19.1 Å². The van der Waals surface area contributed by atoms with Crippen LogP contribution in [0.1, 0.15) is 29.9 Å². The van der Waals surface area contributed by atoms with Gasteiger partial charge in [-0.3, -0.25) is 4.79 Å². The standard InChI is InChI=1S/C22H23NO4S/c1-4-23-15(3)21(22(25)26-5-2)18-13-16(11-12-19(18)23)27-20(24)14-28-17-9-7-6-8-10-17/h6-13H,4-5,14H2,1-3H3. The molecule has 0 aliphatic carbocycles. The third kappa shape index (κ3) is 4.22. The highest BCUT2D eigenvalue weighted by Crippen LogP contribution is 2.30. The minimum Gasteiger partial charge on any atom is -0.462 e. The van der Waals surface area contributed by atoms with Crippen LogP contribution in [0.4, 0.5) is 0 Å². The van der Waals surface area contributed by atoms with Gasteiger partial charge in [0.2, 0.25) is 0 Å². The predicted molar refractivity (Wildman–Crippen MR) is 111 cm³/mol. The monoisotopic (exact) mass is 397 g/mol. The maximum absolute atomic E-state index is 12.5. The number of carbonyl (C=O) groups excluding carboxylic acids is 2. The molecule has 0 fully saturated rings. The highest BCUT2D eigenvalue weighted by molar-refractivity contribution is 8.00.